The van der Waals surface area contributed by atoms with Crippen molar-refractivity contribution < 1.29 is 17.6 Å². The van der Waals surface area contributed by atoms with Gasteiger partial charge in [0.1, 0.15) is 5.82 Å². The lowest BCUT2D eigenvalue weighted by atomic mass is 10.2. The molecule has 0 aromatic heterocycles. The third kappa shape index (κ3) is 4.16. The second-order valence-corrected chi connectivity index (χ2v) is 7.31. The van der Waals surface area contributed by atoms with Crippen LogP contribution in [0.25, 0.3) is 0 Å². The van der Waals surface area contributed by atoms with Gasteiger partial charge in [-0.1, -0.05) is 11.6 Å². The standard InChI is InChI=1S/C12H14ClFN2O3S/c13-8-1-2-10(14)11(5-8)16-12(17)6-9-7-20(18,19)4-3-15-9/h1-2,5,9,15H,3-4,6-7H2,(H,16,17). The highest BCUT2D eigenvalue weighted by atomic mass is 35.5. The van der Waals surface area contributed by atoms with E-state index in [0.717, 1.165) is 6.07 Å². The number of rotatable bonds is 3. The molecular formula is C12H14ClFN2O3S. The van der Waals surface area contributed by atoms with Crippen molar-refractivity contribution in [1.82, 2.24) is 5.32 Å². The zero-order valence-corrected chi connectivity index (χ0v) is 12.1. The van der Waals surface area contributed by atoms with Crippen LogP contribution in [0.3, 0.4) is 0 Å². The molecule has 2 N–H and O–H groups in total. The molecule has 1 aliphatic heterocycles. The molecule has 1 aromatic rings. The van der Waals surface area contributed by atoms with Crippen molar-refractivity contribution in [3.8, 4) is 0 Å². The molecule has 110 valence electrons. The van der Waals surface area contributed by atoms with Crippen LogP contribution in [0.4, 0.5) is 10.1 Å². The SMILES string of the molecule is O=C(CC1CS(=O)(=O)CCN1)Nc1cc(Cl)ccc1F. The Morgan fingerprint density at radius 1 is 1.50 bits per heavy atom. The summed E-state index contributed by atoms with van der Waals surface area (Å²) >= 11 is 5.72. The van der Waals surface area contributed by atoms with E-state index in [0.29, 0.717) is 11.6 Å². The van der Waals surface area contributed by atoms with E-state index in [1.54, 1.807) is 0 Å². The Kier molecular flexibility index (Phi) is 4.62. The predicted octanol–water partition coefficient (Wildman–Crippen LogP) is 1.19. The minimum Gasteiger partial charge on any atom is -0.324 e. The molecule has 1 amide bonds. The second kappa shape index (κ2) is 6.07. The third-order valence-electron chi connectivity index (χ3n) is 2.94. The van der Waals surface area contributed by atoms with Crippen LogP contribution in [0.1, 0.15) is 6.42 Å². The van der Waals surface area contributed by atoms with Gasteiger partial charge in [0.15, 0.2) is 9.84 Å². The van der Waals surface area contributed by atoms with Gasteiger partial charge in [0, 0.05) is 24.0 Å². The maximum Gasteiger partial charge on any atom is 0.226 e. The molecule has 1 atom stereocenters. The number of nitrogens with one attached hydrogen (secondary N) is 2. The molecule has 1 saturated heterocycles. The fourth-order valence-corrected chi connectivity index (χ4v) is 3.63. The van der Waals surface area contributed by atoms with E-state index in [9.17, 15) is 17.6 Å². The van der Waals surface area contributed by atoms with Crippen LogP contribution in [0.2, 0.25) is 5.02 Å². The Hall–Kier alpha value is -1.18. The van der Waals surface area contributed by atoms with Gasteiger partial charge in [-0.3, -0.25) is 4.79 Å². The number of carbonyl (C=O) groups is 1. The first-order valence-electron chi connectivity index (χ1n) is 6.04. The van der Waals surface area contributed by atoms with Gasteiger partial charge in [0.05, 0.1) is 17.2 Å². The second-order valence-electron chi connectivity index (χ2n) is 4.64. The fraction of sp³-hybridized carbons (Fsp3) is 0.417. The summed E-state index contributed by atoms with van der Waals surface area (Å²) in [5.74, 6) is -1.06. The highest BCUT2D eigenvalue weighted by Gasteiger charge is 2.26. The van der Waals surface area contributed by atoms with E-state index in [4.69, 9.17) is 11.6 Å². The van der Waals surface area contributed by atoms with Gasteiger partial charge in [-0.2, -0.15) is 0 Å². The molecule has 0 radical (unpaired) electrons. The molecule has 2 rings (SSSR count). The van der Waals surface area contributed by atoms with Crippen molar-refractivity contribution in [1.29, 1.82) is 0 Å². The number of amides is 1. The van der Waals surface area contributed by atoms with Crippen LogP contribution in [-0.2, 0) is 14.6 Å². The molecule has 1 unspecified atom stereocenters. The quantitative estimate of drug-likeness (QED) is 0.877. The van der Waals surface area contributed by atoms with Gasteiger partial charge < -0.3 is 10.6 Å². The summed E-state index contributed by atoms with van der Waals surface area (Å²) in [6, 6.07) is 3.39. The molecule has 8 heteroatoms. The van der Waals surface area contributed by atoms with Crippen LogP contribution >= 0.6 is 11.6 Å². The van der Waals surface area contributed by atoms with E-state index in [1.807, 2.05) is 0 Å². The number of halogens is 2. The summed E-state index contributed by atoms with van der Waals surface area (Å²) < 4.78 is 36.3. The number of hydrogen-bond acceptors (Lipinski definition) is 4. The van der Waals surface area contributed by atoms with Gasteiger partial charge in [-0.15, -0.1) is 0 Å². The summed E-state index contributed by atoms with van der Waals surface area (Å²) in [6.45, 7) is 0.325. The summed E-state index contributed by atoms with van der Waals surface area (Å²) in [5, 5.41) is 5.66. The lowest BCUT2D eigenvalue weighted by Gasteiger charge is -2.23. The summed E-state index contributed by atoms with van der Waals surface area (Å²) in [5.41, 5.74) is -0.0128. The normalized spacial score (nSPS) is 21.4. The lowest BCUT2D eigenvalue weighted by Crippen LogP contribution is -2.46. The summed E-state index contributed by atoms with van der Waals surface area (Å²) in [7, 11) is -3.10. The maximum absolute atomic E-state index is 13.4. The van der Waals surface area contributed by atoms with E-state index >= 15 is 0 Å². The van der Waals surface area contributed by atoms with Crippen molar-refractivity contribution in [3.63, 3.8) is 0 Å². The topological polar surface area (TPSA) is 75.3 Å². The van der Waals surface area contributed by atoms with Crippen molar-refractivity contribution in [2.45, 2.75) is 12.5 Å². The molecule has 0 spiro atoms. The van der Waals surface area contributed by atoms with Gasteiger partial charge in [0.2, 0.25) is 5.91 Å². The van der Waals surface area contributed by atoms with Gasteiger partial charge in [0.25, 0.3) is 0 Å². The van der Waals surface area contributed by atoms with Gasteiger partial charge in [-0.25, -0.2) is 12.8 Å². The zero-order chi connectivity index (χ0) is 14.8. The Balaban J connectivity index is 1.97. The Bertz CT molecular complexity index is 621. The number of sulfone groups is 1. The van der Waals surface area contributed by atoms with Crippen molar-refractivity contribution in [2.75, 3.05) is 23.4 Å². The summed E-state index contributed by atoms with van der Waals surface area (Å²) in [6.07, 6.45) is -0.0365. The van der Waals surface area contributed by atoms with Gasteiger partial charge >= 0.3 is 0 Å². The molecule has 1 aromatic carbocycles. The Morgan fingerprint density at radius 2 is 2.25 bits per heavy atom. The van der Waals surface area contributed by atoms with Crippen molar-refractivity contribution in [2.24, 2.45) is 0 Å². The van der Waals surface area contributed by atoms with Crippen molar-refractivity contribution in [3.05, 3.63) is 29.0 Å². The maximum atomic E-state index is 13.4. The molecule has 5 nitrogen and oxygen atoms in total. The number of anilines is 1. The van der Waals surface area contributed by atoms with Crippen LogP contribution in [0.15, 0.2) is 18.2 Å². The number of benzene rings is 1. The molecule has 1 heterocycles. The minimum atomic E-state index is -3.10. The Labute approximate surface area is 121 Å². The average Bonchev–Trinajstić information content (AvgIpc) is 2.32. The van der Waals surface area contributed by atoms with E-state index in [1.165, 1.54) is 12.1 Å². The third-order valence-corrected chi connectivity index (χ3v) is 4.91. The smallest absolute Gasteiger partial charge is 0.226 e. The molecule has 0 bridgehead atoms. The molecule has 20 heavy (non-hydrogen) atoms. The fourth-order valence-electron chi connectivity index (χ4n) is 2.02. The first kappa shape index (κ1) is 15.2. The predicted molar refractivity (Wildman–Crippen MR) is 75.1 cm³/mol. The van der Waals surface area contributed by atoms with Crippen LogP contribution < -0.4 is 10.6 Å². The highest BCUT2D eigenvalue weighted by molar-refractivity contribution is 7.91. The first-order valence-corrected chi connectivity index (χ1v) is 8.24. The zero-order valence-electron chi connectivity index (χ0n) is 10.5. The monoisotopic (exact) mass is 320 g/mol. The van der Waals surface area contributed by atoms with Crippen molar-refractivity contribution >= 4 is 33.0 Å². The largest absolute Gasteiger partial charge is 0.324 e. The Morgan fingerprint density at radius 3 is 2.95 bits per heavy atom. The molecule has 0 saturated carbocycles. The van der Waals surface area contributed by atoms with Crippen LogP contribution in [0, 0.1) is 5.82 Å². The molecular weight excluding hydrogens is 307 g/mol. The molecule has 1 aliphatic rings. The summed E-state index contributed by atoms with van der Waals surface area (Å²) in [4.78, 5) is 11.8. The van der Waals surface area contributed by atoms with E-state index < -0.39 is 27.6 Å². The lowest BCUT2D eigenvalue weighted by molar-refractivity contribution is -0.116. The van der Waals surface area contributed by atoms with E-state index in [-0.39, 0.29) is 23.6 Å². The number of carbonyl (C=O) groups excluding carboxylic acids is 1. The minimum absolute atomic E-state index is 0.0128. The molecule has 0 aliphatic carbocycles. The van der Waals surface area contributed by atoms with Crippen LogP contribution in [0.5, 0.6) is 0 Å². The van der Waals surface area contributed by atoms with Crippen LogP contribution in [-0.4, -0.2) is 38.4 Å². The highest BCUT2D eigenvalue weighted by Crippen LogP contribution is 2.20. The van der Waals surface area contributed by atoms with Gasteiger partial charge in [-0.05, 0) is 18.2 Å². The van der Waals surface area contributed by atoms with E-state index in [2.05, 4.69) is 10.6 Å². The average molecular weight is 321 g/mol. The first-order chi connectivity index (χ1) is 9.35. The molecule has 1 fully saturated rings. The number of hydrogen-bond donors (Lipinski definition) is 2.